The Labute approximate surface area is 205 Å². The van der Waals surface area contributed by atoms with Gasteiger partial charge in [0.2, 0.25) is 5.91 Å². The molecule has 0 spiro atoms. The van der Waals surface area contributed by atoms with Crippen LogP contribution in [0.1, 0.15) is 45.0 Å². The molecule has 1 aliphatic rings. The molecule has 5 aromatic rings. The van der Waals surface area contributed by atoms with Crippen LogP contribution in [0.4, 0.5) is 5.00 Å². The van der Waals surface area contributed by atoms with E-state index in [9.17, 15) is 9.59 Å². The number of fused-ring (bicyclic) bond motifs is 4. The van der Waals surface area contributed by atoms with Crippen molar-refractivity contribution in [2.24, 2.45) is 0 Å². The highest BCUT2D eigenvalue weighted by Gasteiger charge is 2.26. The number of nitrogens with one attached hydrogen (secondary N) is 2. The van der Waals surface area contributed by atoms with Gasteiger partial charge in [-0.3, -0.25) is 9.59 Å². The Morgan fingerprint density at radius 3 is 2.74 bits per heavy atom. The molecular weight excluding hydrogens is 460 g/mol. The fraction of sp³-hybridized carbons (Fsp3) is 0.214. The first-order valence-corrected chi connectivity index (χ1v) is 12.6. The van der Waals surface area contributed by atoms with Crippen molar-refractivity contribution in [3.8, 4) is 0 Å². The largest absolute Gasteiger partial charge is 0.467 e. The van der Waals surface area contributed by atoms with Crippen molar-refractivity contribution in [3.05, 3.63) is 88.4 Å². The quantitative estimate of drug-likeness (QED) is 0.299. The standard InChI is InChI=1S/C28H24N2O4S/c31-24(14-18-16-34-22-12-11-17-6-1-2-8-20(17)25(18)22)30-28-26(21-9-3-4-10-23(21)35-28)27(32)29-15-19-7-5-13-33-19/h1-2,5-8,11-13,16H,3-4,9-10,14-15H2,(H,29,32)(H,30,31). The maximum Gasteiger partial charge on any atom is 0.254 e. The van der Waals surface area contributed by atoms with Gasteiger partial charge in [0.1, 0.15) is 16.3 Å². The van der Waals surface area contributed by atoms with Crippen LogP contribution in [0.3, 0.4) is 0 Å². The lowest BCUT2D eigenvalue weighted by atomic mass is 9.95. The lowest BCUT2D eigenvalue weighted by Crippen LogP contribution is -2.25. The molecule has 0 saturated carbocycles. The monoisotopic (exact) mass is 484 g/mol. The van der Waals surface area contributed by atoms with E-state index in [0.29, 0.717) is 22.9 Å². The first kappa shape index (κ1) is 21.7. The molecule has 1 aliphatic carbocycles. The Morgan fingerprint density at radius 1 is 0.971 bits per heavy atom. The number of thiophene rings is 1. The Kier molecular flexibility index (Phi) is 5.62. The highest BCUT2D eigenvalue weighted by atomic mass is 32.1. The minimum Gasteiger partial charge on any atom is -0.467 e. The highest BCUT2D eigenvalue weighted by Crippen LogP contribution is 2.38. The molecular formula is C28H24N2O4S. The van der Waals surface area contributed by atoms with E-state index in [4.69, 9.17) is 8.83 Å². The van der Waals surface area contributed by atoms with Gasteiger partial charge in [-0.15, -0.1) is 11.3 Å². The average Bonchev–Trinajstić information content (AvgIpc) is 3.61. The maximum atomic E-state index is 13.2. The van der Waals surface area contributed by atoms with Gasteiger partial charge in [0.05, 0.1) is 31.1 Å². The lowest BCUT2D eigenvalue weighted by molar-refractivity contribution is -0.115. The van der Waals surface area contributed by atoms with Gasteiger partial charge in [0, 0.05) is 15.8 Å². The molecule has 0 bridgehead atoms. The highest BCUT2D eigenvalue weighted by molar-refractivity contribution is 7.17. The zero-order valence-corrected chi connectivity index (χ0v) is 19.9. The average molecular weight is 485 g/mol. The molecule has 0 saturated heterocycles. The Bertz CT molecular complexity index is 1540. The molecule has 0 aliphatic heterocycles. The van der Waals surface area contributed by atoms with Crippen LogP contribution in [0.25, 0.3) is 21.7 Å². The molecule has 2 N–H and O–H groups in total. The van der Waals surface area contributed by atoms with Gasteiger partial charge < -0.3 is 19.5 Å². The molecule has 2 aromatic carbocycles. The number of hydrogen-bond donors (Lipinski definition) is 2. The van der Waals surface area contributed by atoms with E-state index in [1.165, 1.54) is 16.2 Å². The summed E-state index contributed by atoms with van der Waals surface area (Å²) in [7, 11) is 0. The van der Waals surface area contributed by atoms with Crippen LogP contribution in [0.15, 0.2) is 69.9 Å². The van der Waals surface area contributed by atoms with Gasteiger partial charge in [0.25, 0.3) is 5.91 Å². The molecule has 2 amide bonds. The number of amides is 2. The van der Waals surface area contributed by atoms with Crippen molar-refractivity contribution in [2.75, 3.05) is 5.32 Å². The van der Waals surface area contributed by atoms with Gasteiger partial charge >= 0.3 is 0 Å². The molecule has 3 aromatic heterocycles. The second-order valence-corrected chi connectivity index (χ2v) is 9.93. The van der Waals surface area contributed by atoms with Crippen molar-refractivity contribution in [1.82, 2.24) is 5.32 Å². The molecule has 176 valence electrons. The van der Waals surface area contributed by atoms with E-state index in [1.807, 2.05) is 36.4 Å². The van der Waals surface area contributed by atoms with Crippen LogP contribution in [-0.4, -0.2) is 11.8 Å². The summed E-state index contributed by atoms with van der Waals surface area (Å²) in [5.41, 5.74) is 3.25. The van der Waals surface area contributed by atoms with E-state index in [-0.39, 0.29) is 18.2 Å². The van der Waals surface area contributed by atoms with E-state index in [0.717, 1.165) is 58.6 Å². The molecule has 0 unspecified atom stereocenters. The predicted octanol–water partition coefficient (Wildman–Crippen LogP) is 6.23. The molecule has 3 heterocycles. The maximum absolute atomic E-state index is 13.2. The topological polar surface area (TPSA) is 84.5 Å². The van der Waals surface area contributed by atoms with Crippen LogP contribution in [0, 0.1) is 0 Å². The summed E-state index contributed by atoms with van der Waals surface area (Å²) >= 11 is 1.52. The Hall–Kier alpha value is -3.84. The first-order valence-electron chi connectivity index (χ1n) is 11.8. The third kappa shape index (κ3) is 4.12. The van der Waals surface area contributed by atoms with Crippen LogP contribution in [0.2, 0.25) is 0 Å². The molecule has 7 heteroatoms. The second kappa shape index (κ2) is 9.07. The summed E-state index contributed by atoms with van der Waals surface area (Å²) in [6, 6.07) is 15.7. The number of carbonyl (C=O) groups excluding carboxylic acids is 2. The Balaban J connectivity index is 1.27. The van der Waals surface area contributed by atoms with Crippen LogP contribution in [0.5, 0.6) is 0 Å². The lowest BCUT2D eigenvalue weighted by Gasteiger charge is -2.13. The van der Waals surface area contributed by atoms with Gasteiger partial charge in [0.15, 0.2) is 0 Å². The first-order chi connectivity index (χ1) is 17.2. The smallest absolute Gasteiger partial charge is 0.254 e. The van der Waals surface area contributed by atoms with E-state index >= 15 is 0 Å². The fourth-order valence-electron chi connectivity index (χ4n) is 4.91. The summed E-state index contributed by atoms with van der Waals surface area (Å²) in [5, 5.41) is 9.74. The number of benzene rings is 2. The van der Waals surface area contributed by atoms with Gasteiger partial charge in [-0.05, 0) is 60.2 Å². The Morgan fingerprint density at radius 2 is 1.86 bits per heavy atom. The van der Waals surface area contributed by atoms with Crippen molar-refractivity contribution in [1.29, 1.82) is 0 Å². The summed E-state index contributed by atoms with van der Waals surface area (Å²) in [6.45, 7) is 0.303. The molecule has 6 rings (SSSR count). The second-order valence-electron chi connectivity index (χ2n) is 8.82. The fourth-order valence-corrected chi connectivity index (χ4v) is 6.21. The van der Waals surface area contributed by atoms with Crippen LogP contribution in [-0.2, 0) is 30.6 Å². The van der Waals surface area contributed by atoms with Crippen molar-refractivity contribution >= 4 is 49.9 Å². The number of furan rings is 2. The van der Waals surface area contributed by atoms with Crippen molar-refractivity contribution in [3.63, 3.8) is 0 Å². The van der Waals surface area contributed by atoms with Crippen LogP contribution < -0.4 is 10.6 Å². The van der Waals surface area contributed by atoms with Gasteiger partial charge in [-0.1, -0.05) is 30.3 Å². The normalized spacial score (nSPS) is 13.1. The molecule has 6 nitrogen and oxygen atoms in total. The van der Waals surface area contributed by atoms with Gasteiger partial charge in [-0.25, -0.2) is 0 Å². The summed E-state index contributed by atoms with van der Waals surface area (Å²) in [4.78, 5) is 27.6. The van der Waals surface area contributed by atoms with Crippen molar-refractivity contribution in [2.45, 2.75) is 38.6 Å². The molecule has 35 heavy (non-hydrogen) atoms. The predicted molar refractivity (Wildman–Crippen MR) is 137 cm³/mol. The summed E-state index contributed by atoms with van der Waals surface area (Å²) < 4.78 is 11.1. The van der Waals surface area contributed by atoms with Crippen molar-refractivity contribution < 1.29 is 18.4 Å². The number of aryl methyl sites for hydroxylation is 1. The third-order valence-corrected chi connectivity index (χ3v) is 7.75. The van der Waals surface area contributed by atoms with E-state index < -0.39 is 0 Å². The number of carbonyl (C=O) groups is 2. The minimum atomic E-state index is -0.184. The molecule has 0 atom stereocenters. The molecule has 0 radical (unpaired) electrons. The van der Waals surface area contributed by atoms with E-state index in [1.54, 1.807) is 18.6 Å². The minimum absolute atomic E-state index is 0.164. The van der Waals surface area contributed by atoms with Crippen LogP contribution >= 0.6 is 11.3 Å². The summed E-state index contributed by atoms with van der Waals surface area (Å²) in [6.07, 6.45) is 7.34. The SMILES string of the molecule is O=C(Cc1coc2ccc3ccccc3c12)Nc1sc2c(c1C(=O)NCc1ccco1)CCCC2. The number of rotatable bonds is 6. The van der Waals surface area contributed by atoms with Gasteiger partial charge in [-0.2, -0.15) is 0 Å². The summed E-state index contributed by atoms with van der Waals surface area (Å²) in [5.74, 6) is 0.335. The number of anilines is 1. The zero-order chi connectivity index (χ0) is 23.8. The number of hydrogen-bond acceptors (Lipinski definition) is 5. The third-order valence-electron chi connectivity index (χ3n) is 6.55. The molecule has 0 fully saturated rings. The zero-order valence-electron chi connectivity index (χ0n) is 19.1. The van der Waals surface area contributed by atoms with E-state index in [2.05, 4.69) is 16.7 Å².